The molecule has 2 saturated heterocycles. The summed E-state index contributed by atoms with van der Waals surface area (Å²) in [5.41, 5.74) is 1.94. The lowest BCUT2D eigenvalue weighted by Gasteiger charge is -2.37. The number of aromatic nitrogens is 2. The van der Waals surface area contributed by atoms with Crippen LogP contribution in [0.3, 0.4) is 0 Å². The molecule has 5 rings (SSSR count). The number of hydrogen-bond donors (Lipinski definition) is 0. The Hall–Kier alpha value is -3.22. The zero-order chi connectivity index (χ0) is 23.5. The number of para-hydroxylation sites is 2. The van der Waals surface area contributed by atoms with Crippen molar-refractivity contribution in [1.29, 1.82) is 0 Å². The number of halogens is 1. The lowest BCUT2D eigenvalue weighted by Crippen LogP contribution is -2.47. The Morgan fingerprint density at radius 3 is 2.62 bits per heavy atom. The van der Waals surface area contributed by atoms with Crippen molar-refractivity contribution in [3.63, 3.8) is 0 Å². The van der Waals surface area contributed by atoms with Crippen molar-refractivity contribution in [3.05, 3.63) is 60.0 Å². The van der Waals surface area contributed by atoms with E-state index in [0.29, 0.717) is 13.2 Å². The first-order valence-electron chi connectivity index (χ1n) is 12.2. The normalized spacial score (nSPS) is 19.4. The Morgan fingerprint density at radius 1 is 1.03 bits per heavy atom. The molecular weight excluding hydrogens is 431 g/mol. The molecule has 7 heteroatoms. The van der Waals surface area contributed by atoms with Gasteiger partial charge in [0.25, 0.3) is 0 Å². The third kappa shape index (κ3) is 4.83. The first-order chi connectivity index (χ1) is 16.6. The minimum absolute atomic E-state index is 0.0315. The number of likely N-dealkylation sites (tertiary alicyclic amines) is 1. The highest BCUT2D eigenvalue weighted by Gasteiger charge is 2.32. The van der Waals surface area contributed by atoms with Gasteiger partial charge in [-0.25, -0.2) is 14.4 Å². The third-order valence-electron chi connectivity index (χ3n) is 7.05. The monoisotopic (exact) mass is 462 g/mol. The van der Waals surface area contributed by atoms with E-state index >= 15 is 0 Å². The van der Waals surface area contributed by atoms with Crippen LogP contribution in [0.2, 0.25) is 0 Å². The first kappa shape index (κ1) is 22.6. The number of rotatable bonds is 5. The average molecular weight is 463 g/mol. The number of piperidine rings is 2. The van der Waals surface area contributed by atoms with Crippen LogP contribution >= 0.6 is 0 Å². The van der Waals surface area contributed by atoms with Gasteiger partial charge >= 0.3 is 0 Å². The predicted octanol–water partition coefficient (Wildman–Crippen LogP) is 4.61. The second-order valence-electron chi connectivity index (χ2n) is 9.42. The zero-order valence-electron chi connectivity index (χ0n) is 19.6. The van der Waals surface area contributed by atoms with Gasteiger partial charge in [0.15, 0.2) is 11.6 Å². The molecule has 1 atom stereocenters. The van der Waals surface area contributed by atoms with Gasteiger partial charge in [-0.15, -0.1) is 0 Å². The second-order valence-corrected chi connectivity index (χ2v) is 9.42. The van der Waals surface area contributed by atoms with E-state index in [2.05, 4.69) is 4.90 Å². The number of ether oxygens (including phenoxy) is 1. The van der Waals surface area contributed by atoms with Gasteiger partial charge in [-0.05, 0) is 50.8 Å². The van der Waals surface area contributed by atoms with E-state index in [1.54, 1.807) is 18.2 Å². The van der Waals surface area contributed by atoms with Crippen LogP contribution in [-0.2, 0) is 4.79 Å². The molecular formula is C27H31FN4O2. The maximum absolute atomic E-state index is 13.8. The summed E-state index contributed by atoms with van der Waals surface area (Å²) in [7, 11) is 0. The topological polar surface area (TPSA) is 58.6 Å². The summed E-state index contributed by atoms with van der Waals surface area (Å²) in [6, 6.07) is 14.5. The number of anilines is 1. The van der Waals surface area contributed by atoms with Crippen molar-refractivity contribution >= 4 is 22.8 Å². The van der Waals surface area contributed by atoms with E-state index in [9.17, 15) is 9.18 Å². The molecule has 0 radical (unpaired) electrons. The summed E-state index contributed by atoms with van der Waals surface area (Å²) in [6.45, 7) is 5.49. The van der Waals surface area contributed by atoms with Gasteiger partial charge in [0.2, 0.25) is 11.9 Å². The van der Waals surface area contributed by atoms with Gasteiger partial charge in [-0.1, -0.05) is 30.3 Å². The molecule has 34 heavy (non-hydrogen) atoms. The Labute approximate surface area is 199 Å². The van der Waals surface area contributed by atoms with Gasteiger partial charge < -0.3 is 14.5 Å². The minimum Gasteiger partial charge on any atom is -0.490 e. The first-order valence-corrected chi connectivity index (χ1v) is 12.2. The maximum atomic E-state index is 13.8. The molecule has 1 unspecified atom stereocenters. The number of hydrogen-bond acceptors (Lipinski definition) is 5. The highest BCUT2D eigenvalue weighted by molar-refractivity contribution is 5.82. The van der Waals surface area contributed by atoms with Crippen molar-refractivity contribution in [2.24, 2.45) is 11.8 Å². The molecule has 0 spiro atoms. The summed E-state index contributed by atoms with van der Waals surface area (Å²) in [4.78, 5) is 27.0. The quantitative estimate of drug-likeness (QED) is 0.554. The van der Waals surface area contributed by atoms with E-state index in [1.807, 2.05) is 36.1 Å². The molecule has 0 saturated carbocycles. The highest BCUT2D eigenvalue weighted by atomic mass is 19.1. The van der Waals surface area contributed by atoms with Crippen LogP contribution in [0.1, 0.15) is 31.4 Å². The van der Waals surface area contributed by atoms with Crippen LogP contribution in [0.5, 0.6) is 5.75 Å². The molecule has 0 aliphatic carbocycles. The lowest BCUT2D eigenvalue weighted by molar-refractivity contribution is -0.138. The number of nitrogens with zero attached hydrogens (tertiary/aromatic N) is 4. The number of carbonyl (C=O) groups is 1. The van der Waals surface area contributed by atoms with Crippen LogP contribution in [0, 0.1) is 24.6 Å². The lowest BCUT2D eigenvalue weighted by atomic mass is 9.92. The van der Waals surface area contributed by atoms with Crippen LogP contribution in [0.4, 0.5) is 10.3 Å². The molecule has 6 nitrogen and oxygen atoms in total. The van der Waals surface area contributed by atoms with E-state index in [0.717, 1.165) is 67.9 Å². The summed E-state index contributed by atoms with van der Waals surface area (Å²) >= 11 is 0. The molecule has 0 N–H and O–H groups in total. The molecule has 3 heterocycles. The number of fused-ring (bicyclic) bond motifs is 1. The Morgan fingerprint density at radius 2 is 1.79 bits per heavy atom. The Kier molecular flexibility index (Phi) is 6.61. The van der Waals surface area contributed by atoms with Gasteiger partial charge in [0.1, 0.15) is 0 Å². The highest BCUT2D eigenvalue weighted by Crippen LogP contribution is 2.27. The summed E-state index contributed by atoms with van der Waals surface area (Å²) in [6.07, 6.45) is 3.57. The van der Waals surface area contributed by atoms with Crippen molar-refractivity contribution < 1.29 is 13.9 Å². The summed E-state index contributed by atoms with van der Waals surface area (Å²) < 4.78 is 19.6. The standard InChI is InChI=1S/C27H31FN4O2/c1-19-22-8-2-4-10-24(22)30-27(29-19)31-15-12-21(13-16-31)26(33)32-14-6-7-20(17-32)18-34-25-11-5-3-9-23(25)28/h2-5,8-11,20-21H,6-7,12-18H2,1H3. The fourth-order valence-electron chi connectivity index (χ4n) is 5.12. The van der Waals surface area contributed by atoms with Crippen LogP contribution in [-0.4, -0.2) is 53.6 Å². The van der Waals surface area contributed by atoms with E-state index in [1.165, 1.54) is 6.07 Å². The molecule has 0 bridgehead atoms. The molecule has 2 aromatic carbocycles. The predicted molar refractivity (Wildman–Crippen MR) is 130 cm³/mol. The largest absolute Gasteiger partial charge is 0.490 e. The average Bonchev–Trinajstić information content (AvgIpc) is 2.88. The van der Waals surface area contributed by atoms with Crippen molar-refractivity contribution in [1.82, 2.24) is 14.9 Å². The van der Waals surface area contributed by atoms with Gasteiger partial charge in [0, 0.05) is 43.4 Å². The van der Waals surface area contributed by atoms with E-state index in [4.69, 9.17) is 14.7 Å². The molecule has 2 fully saturated rings. The number of amides is 1. The van der Waals surface area contributed by atoms with Crippen LogP contribution in [0.25, 0.3) is 10.9 Å². The Bertz CT molecular complexity index is 1160. The van der Waals surface area contributed by atoms with Gasteiger partial charge in [-0.3, -0.25) is 4.79 Å². The Balaban J connectivity index is 1.16. The van der Waals surface area contributed by atoms with Crippen molar-refractivity contribution in [2.75, 3.05) is 37.7 Å². The van der Waals surface area contributed by atoms with Crippen LogP contribution < -0.4 is 9.64 Å². The zero-order valence-corrected chi connectivity index (χ0v) is 19.6. The molecule has 2 aliphatic rings. The number of benzene rings is 2. The fourth-order valence-corrected chi connectivity index (χ4v) is 5.12. The molecule has 178 valence electrons. The second kappa shape index (κ2) is 9.95. The van der Waals surface area contributed by atoms with Gasteiger partial charge in [0.05, 0.1) is 17.8 Å². The van der Waals surface area contributed by atoms with Gasteiger partial charge in [-0.2, -0.15) is 0 Å². The van der Waals surface area contributed by atoms with Crippen molar-refractivity contribution in [2.45, 2.75) is 32.6 Å². The molecule has 1 aromatic heterocycles. The smallest absolute Gasteiger partial charge is 0.226 e. The van der Waals surface area contributed by atoms with Crippen molar-refractivity contribution in [3.8, 4) is 5.75 Å². The minimum atomic E-state index is -0.344. The molecule has 1 amide bonds. The fraction of sp³-hybridized carbons (Fsp3) is 0.444. The SMILES string of the molecule is Cc1nc(N2CCC(C(=O)N3CCCC(COc4ccccc4F)C3)CC2)nc2ccccc12. The van der Waals surface area contributed by atoms with E-state index in [-0.39, 0.29) is 29.3 Å². The summed E-state index contributed by atoms with van der Waals surface area (Å²) in [5, 5.41) is 1.08. The van der Waals surface area contributed by atoms with Crippen LogP contribution in [0.15, 0.2) is 48.5 Å². The molecule has 2 aliphatic heterocycles. The molecule has 3 aromatic rings. The number of carbonyl (C=O) groups excluding carboxylic acids is 1. The van der Waals surface area contributed by atoms with E-state index < -0.39 is 0 Å². The third-order valence-corrected chi connectivity index (χ3v) is 7.05. The number of aryl methyl sites for hydroxylation is 1. The maximum Gasteiger partial charge on any atom is 0.226 e. The summed E-state index contributed by atoms with van der Waals surface area (Å²) in [5.74, 6) is 1.19.